The standard InChI is InChI=1S/C30H29Cl2NO4/c1-16(2)18-6-8-20(9-7-18)26-25(27(34)23-14-21(31)15-24(32)29(23)37-5)28(35)30(36)33(26)22-12-10-19(11-13-22)17(3)4/h6-17,26,34H,1-5H3/b27-25+. The zero-order valence-corrected chi connectivity index (χ0v) is 22.9. The summed E-state index contributed by atoms with van der Waals surface area (Å²) >= 11 is 12.5. The average Bonchev–Trinajstić information content (AvgIpc) is 3.13. The van der Waals surface area contributed by atoms with E-state index in [9.17, 15) is 14.7 Å². The van der Waals surface area contributed by atoms with Crippen molar-refractivity contribution in [3.63, 3.8) is 0 Å². The lowest BCUT2D eigenvalue weighted by molar-refractivity contribution is -0.132. The highest BCUT2D eigenvalue weighted by molar-refractivity contribution is 6.52. The molecule has 3 aromatic rings. The van der Waals surface area contributed by atoms with Crippen LogP contribution >= 0.6 is 23.2 Å². The number of methoxy groups -OCH3 is 1. The van der Waals surface area contributed by atoms with Crippen LogP contribution in [0.3, 0.4) is 0 Å². The summed E-state index contributed by atoms with van der Waals surface area (Å²) in [7, 11) is 1.41. The summed E-state index contributed by atoms with van der Waals surface area (Å²) in [6, 6.07) is 17.3. The number of benzene rings is 3. The third-order valence-corrected chi connectivity index (χ3v) is 7.17. The molecule has 1 amide bonds. The average molecular weight is 538 g/mol. The van der Waals surface area contributed by atoms with E-state index < -0.39 is 23.5 Å². The Kier molecular flexibility index (Phi) is 7.67. The van der Waals surface area contributed by atoms with E-state index in [1.165, 1.54) is 24.1 Å². The lowest BCUT2D eigenvalue weighted by Gasteiger charge is -2.26. The molecule has 1 aliphatic heterocycles. The molecule has 1 atom stereocenters. The number of ether oxygens (including phenoxy) is 1. The van der Waals surface area contributed by atoms with Crippen LogP contribution in [0.25, 0.3) is 5.76 Å². The number of aliphatic hydroxyl groups is 1. The van der Waals surface area contributed by atoms with Crippen molar-refractivity contribution in [1.82, 2.24) is 0 Å². The van der Waals surface area contributed by atoms with E-state index in [2.05, 4.69) is 27.7 Å². The summed E-state index contributed by atoms with van der Waals surface area (Å²) in [5.41, 5.74) is 3.54. The van der Waals surface area contributed by atoms with Crippen LogP contribution in [-0.4, -0.2) is 23.9 Å². The van der Waals surface area contributed by atoms with Gasteiger partial charge < -0.3 is 9.84 Å². The maximum Gasteiger partial charge on any atom is 0.300 e. The first-order chi connectivity index (χ1) is 17.5. The molecule has 1 saturated heterocycles. The van der Waals surface area contributed by atoms with E-state index in [0.29, 0.717) is 23.1 Å². The summed E-state index contributed by atoms with van der Waals surface area (Å²) in [5, 5.41) is 11.9. The SMILES string of the molecule is COc1c(Cl)cc(Cl)cc1/C(O)=C1\C(=O)C(=O)N(c2ccc(C(C)C)cc2)C1c1ccc(C(C)C)cc1. The molecule has 0 radical (unpaired) electrons. The molecule has 1 fully saturated rings. The highest BCUT2D eigenvalue weighted by atomic mass is 35.5. The number of carbonyl (C=O) groups is 2. The van der Waals surface area contributed by atoms with E-state index in [0.717, 1.165) is 11.1 Å². The van der Waals surface area contributed by atoms with Crippen molar-refractivity contribution in [3.8, 4) is 5.75 Å². The maximum absolute atomic E-state index is 13.5. The topological polar surface area (TPSA) is 66.8 Å². The quantitative estimate of drug-likeness (QED) is 0.197. The minimum atomic E-state index is -0.867. The molecular formula is C30H29Cl2NO4. The number of carbonyl (C=O) groups excluding carboxylic acids is 2. The Bertz CT molecular complexity index is 1380. The van der Waals surface area contributed by atoms with Crippen molar-refractivity contribution < 1.29 is 19.4 Å². The lowest BCUT2D eigenvalue weighted by atomic mass is 9.92. The van der Waals surface area contributed by atoms with Crippen LogP contribution in [0.4, 0.5) is 5.69 Å². The highest BCUT2D eigenvalue weighted by Crippen LogP contribution is 2.45. The van der Waals surface area contributed by atoms with Crippen LogP contribution in [-0.2, 0) is 9.59 Å². The predicted octanol–water partition coefficient (Wildman–Crippen LogP) is 7.88. The van der Waals surface area contributed by atoms with Gasteiger partial charge in [0.2, 0.25) is 0 Å². The van der Waals surface area contributed by atoms with Crippen LogP contribution in [0, 0.1) is 0 Å². The summed E-state index contributed by atoms with van der Waals surface area (Å²) in [6.07, 6.45) is 0. The van der Waals surface area contributed by atoms with Crippen LogP contribution in [0.1, 0.15) is 67.8 Å². The van der Waals surface area contributed by atoms with Gasteiger partial charge in [-0.1, -0.05) is 87.3 Å². The Balaban J connectivity index is 1.96. The molecule has 4 rings (SSSR count). The van der Waals surface area contributed by atoms with Crippen LogP contribution in [0.2, 0.25) is 10.0 Å². The largest absolute Gasteiger partial charge is 0.507 e. The number of amides is 1. The predicted molar refractivity (Wildman–Crippen MR) is 149 cm³/mol. The van der Waals surface area contributed by atoms with Gasteiger partial charge in [-0.05, 0) is 52.8 Å². The fourth-order valence-electron chi connectivity index (χ4n) is 4.59. The molecule has 0 aliphatic carbocycles. The monoisotopic (exact) mass is 537 g/mol. The zero-order chi connectivity index (χ0) is 27.0. The van der Waals surface area contributed by atoms with Gasteiger partial charge in [0, 0.05) is 10.7 Å². The van der Waals surface area contributed by atoms with Crippen molar-refractivity contribution in [2.45, 2.75) is 45.6 Å². The Morgan fingerprint density at radius 3 is 1.95 bits per heavy atom. The smallest absolute Gasteiger partial charge is 0.300 e. The Morgan fingerprint density at radius 2 is 1.43 bits per heavy atom. The number of aliphatic hydroxyl groups excluding tert-OH is 1. The van der Waals surface area contributed by atoms with Crippen molar-refractivity contribution in [3.05, 3.63) is 98.5 Å². The van der Waals surface area contributed by atoms with Gasteiger partial charge in [-0.3, -0.25) is 14.5 Å². The lowest BCUT2D eigenvalue weighted by Crippen LogP contribution is -2.29. The van der Waals surface area contributed by atoms with E-state index in [1.54, 1.807) is 0 Å². The zero-order valence-electron chi connectivity index (χ0n) is 21.4. The summed E-state index contributed by atoms with van der Waals surface area (Å²) < 4.78 is 5.41. The van der Waals surface area contributed by atoms with Gasteiger partial charge in [-0.25, -0.2) is 0 Å². The molecule has 37 heavy (non-hydrogen) atoms. The first kappa shape index (κ1) is 26.8. The number of hydrogen-bond donors (Lipinski definition) is 1. The van der Waals surface area contributed by atoms with Gasteiger partial charge >= 0.3 is 0 Å². The fraction of sp³-hybridized carbons (Fsp3) is 0.267. The Morgan fingerprint density at radius 1 is 0.892 bits per heavy atom. The molecule has 0 saturated carbocycles. The number of Topliss-reactive ketones (excluding diaryl/α,β-unsaturated/α-hetero) is 1. The van der Waals surface area contributed by atoms with E-state index >= 15 is 0 Å². The molecule has 7 heteroatoms. The maximum atomic E-state index is 13.5. The van der Waals surface area contributed by atoms with Gasteiger partial charge in [0.05, 0.1) is 29.3 Å². The molecule has 0 bridgehead atoms. The molecule has 1 aliphatic rings. The molecular weight excluding hydrogens is 509 g/mol. The van der Waals surface area contributed by atoms with Gasteiger partial charge in [0.25, 0.3) is 11.7 Å². The Labute approximate surface area is 227 Å². The number of ketones is 1. The summed E-state index contributed by atoms with van der Waals surface area (Å²) in [6.45, 7) is 8.35. The van der Waals surface area contributed by atoms with Crippen LogP contribution in [0.5, 0.6) is 5.75 Å². The van der Waals surface area contributed by atoms with Crippen LogP contribution < -0.4 is 9.64 Å². The molecule has 1 N–H and O–H groups in total. The van der Waals surface area contributed by atoms with E-state index in [4.69, 9.17) is 27.9 Å². The summed E-state index contributed by atoms with van der Waals surface area (Å²) in [5.74, 6) is -1.17. The molecule has 5 nitrogen and oxygen atoms in total. The third-order valence-electron chi connectivity index (χ3n) is 6.67. The van der Waals surface area contributed by atoms with Crippen LogP contribution in [0.15, 0.2) is 66.2 Å². The molecule has 1 unspecified atom stereocenters. The second kappa shape index (κ2) is 10.6. The van der Waals surface area contributed by atoms with Gasteiger partial charge in [-0.15, -0.1) is 0 Å². The molecule has 192 valence electrons. The van der Waals surface area contributed by atoms with Crippen molar-refractivity contribution in [2.75, 3.05) is 12.0 Å². The molecule has 3 aromatic carbocycles. The van der Waals surface area contributed by atoms with Crippen molar-refractivity contribution in [2.24, 2.45) is 0 Å². The minimum Gasteiger partial charge on any atom is -0.507 e. The van der Waals surface area contributed by atoms with Gasteiger partial charge in [-0.2, -0.15) is 0 Å². The molecule has 0 spiro atoms. The minimum absolute atomic E-state index is 0.0631. The first-order valence-electron chi connectivity index (χ1n) is 12.1. The second-order valence-electron chi connectivity index (χ2n) is 9.71. The van der Waals surface area contributed by atoms with Gasteiger partial charge in [0.15, 0.2) is 0 Å². The molecule has 0 aromatic heterocycles. The second-order valence-corrected chi connectivity index (χ2v) is 10.5. The summed E-state index contributed by atoms with van der Waals surface area (Å²) in [4.78, 5) is 28.4. The number of hydrogen-bond acceptors (Lipinski definition) is 4. The third kappa shape index (κ3) is 4.98. The number of anilines is 1. The molecule has 1 heterocycles. The number of rotatable bonds is 6. The van der Waals surface area contributed by atoms with E-state index in [1.807, 2.05) is 48.5 Å². The van der Waals surface area contributed by atoms with Crippen molar-refractivity contribution in [1.29, 1.82) is 0 Å². The van der Waals surface area contributed by atoms with Crippen molar-refractivity contribution >= 4 is 46.3 Å². The number of halogens is 2. The highest BCUT2D eigenvalue weighted by Gasteiger charge is 2.47. The first-order valence-corrected chi connectivity index (χ1v) is 12.8. The Hall–Kier alpha value is -3.28. The van der Waals surface area contributed by atoms with Gasteiger partial charge in [0.1, 0.15) is 11.5 Å². The normalized spacial score (nSPS) is 17.2. The fourth-order valence-corrected chi connectivity index (χ4v) is 5.16. The number of nitrogens with zero attached hydrogens (tertiary/aromatic N) is 1. The van der Waals surface area contributed by atoms with E-state index in [-0.39, 0.29) is 26.9 Å².